The first kappa shape index (κ1) is 17.0. The van der Waals surface area contributed by atoms with Crippen LogP contribution in [0.15, 0.2) is 12.1 Å². The molecule has 0 aliphatic heterocycles. The molecule has 4 nitrogen and oxygen atoms in total. The van der Waals surface area contributed by atoms with Crippen LogP contribution in [0.25, 0.3) is 0 Å². The third-order valence-electron chi connectivity index (χ3n) is 3.02. The summed E-state index contributed by atoms with van der Waals surface area (Å²) in [6.45, 7) is 10.0. The second-order valence-electron chi connectivity index (χ2n) is 5.66. The van der Waals surface area contributed by atoms with Gasteiger partial charge < -0.3 is 15.3 Å². The molecule has 1 rings (SSSR count). The summed E-state index contributed by atoms with van der Waals surface area (Å²) >= 11 is 1.76. The van der Waals surface area contributed by atoms with E-state index in [0.29, 0.717) is 6.54 Å². The van der Waals surface area contributed by atoms with E-state index in [4.69, 9.17) is 0 Å². The maximum Gasteiger partial charge on any atom is 0.317 e. The molecule has 0 aromatic carbocycles. The number of carbonyl (C=O) groups excluding carboxylic acids is 1. The van der Waals surface area contributed by atoms with Crippen LogP contribution in [0.5, 0.6) is 0 Å². The second-order valence-corrected chi connectivity index (χ2v) is 7.03. The Morgan fingerprint density at radius 2 is 2.00 bits per heavy atom. The van der Waals surface area contributed by atoms with Crippen molar-refractivity contribution in [1.82, 2.24) is 10.2 Å². The van der Waals surface area contributed by atoms with Crippen molar-refractivity contribution in [3.05, 3.63) is 21.9 Å². The minimum absolute atomic E-state index is 0.0702. The van der Waals surface area contributed by atoms with Gasteiger partial charge in [0.2, 0.25) is 0 Å². The summed E-state index contributed by atoms with van der Waals surface area (Å²) in [4.78, 5) is 16.5. The van der Waals surface area contributed by atoms with Gasteiger partial charge in [0.1, 0.15) is 0 Å². The molecule has 2 unspecified atom stereocenters. The van der Waals surface area contributed by atoms with E-state index in [-0.39, 0.29) is 18.1 Å². The quantitative estimate of drug-likeness (QED) is 0.848. The maximum absolute atomic E-state index is 12.2. The largest absolute Gasteiger partial charge is 0.392 e. The first-order chi connectivity index (χ1) is 9.29. The summed E-state index contributed by atoms with van der Waals surface area (Å²) in [5.74, 6) is 0. The molecule has 0 radical (unpaired) electrons. The Bertz CT molecular complexity index is 429. The average Bonchev–Trinajstić information content (AvgIpc) is 2.70. The van der Waals surface area contributed by atoms with Gasteiger partial charge in [-0.05, 0) is 46.8 Å². The highest BCUT2D eigenvalue weighted by Gasteiger charge is 2.20. The summed E-state index contributed by atoms with van der Waals surface area (Å²) in [6, 6.07) is 4.25. The van der Waals surface area contributed by atoms with Crippen molar-refractivity contribution >= 4 is 17.4 Å². The Balaban J connectivity index is 2.54. The molecule has 0 aliphatic carbocycles. The van der Waals surface area contributed by atoms with Gasteiger partial charge in [0, 0.05) is 34.8 Å². The molecule has 1 heterocycles. The topological polar surface area (TPSA) is 52.6 Å². The number of aliphatic hydroxyl groups is 1. The molecule has 0 fully saturated rings. The maximum atomic E-state index is 12.2. The van der Waals surface area contributed by atoms with Crippen molar-refractivity contribution in [2.24, 2.45) is 0 Å². The highest BCUT2D eigenvalue weighted by atomic mass is 32.1. The fourth-order valence-corrected chi connectivity index (χ4v) is 3.07. The van der Waals surface area contributed by atoms with E-state index >= 15 is 0 Å². The lowest BCUT2D eigenvalue weighted by Gasteiger charge is -2.29. The Kier molecular flexibility index (Phi) is 6.49. The normalized spacial score (nSPS) is 14.2. The van der Waals surface area contributed by atoms with Gasteiger partial charge in [-0.3, -0.25) is 0 Å². The van der Waals surface area contributed by atoms with Crippen molar-refractivity contribution in [2.45, 2.75) is 59.2 Å². The molecule has 0 saturated carbocycles. The first-order valence-electron chi connectivity index (χ1n) is 7.10. The predicted octanol–water partition coefficient (Wildman–Crippen LogP) is 2.79. The fraction of sp³-hybridized carbons (Fsp3) is 0.667. The zero-order valence-electron chi connectivity index (χ0n) is 13.0. The molecule has 2 amide bonds. The molecule has 2 atom stereocenters. The third kappa shape index (κ3) is 5.51. The molecule has 114 valence electrons. The lowest BCUT2D eigenvalue weighted by atomic mass is 10.2. The number of amides is 2. The Labute approximate surface area is 125 Å². The highest BCUT2D eigenvalue weighted by molar-refractivity contribution is 7.11. The van der Waals surface area contributed by atoms with E-state index in [1.807, 2.05) is 20.8 Å². The number of nitrogens with one attached hydrogen (secondary N) is 1. The van der Waals surface area contributed by atoms with E-state index < -0.39 is 6.10 Å². The van der Waals surface area contributed by atoms with Crippen molar-refractivity contribution in [3.63, 3.8) is 0 Å². The zero-order chi connectivity index (χ0) is 15.3. The standard InChI is InChI=1S/C15H26N2O2S/c1-10(2)17(9-12(4)18)15(19)16-11(3)8-14-7-6-13(5)20-14/h6-7,10-12,18H,8-9H2,1-5H3,(H,16,19). The van der Waals surface area contributed by atoms with E-state index in [1.165, 1.54) is 9.75 Å². The second kappa shape index (κ2) is 7.64. The monoisotopic (exact) mass is 298 g/mol. The molecule has 1 aromatic rings. The van der Waals surface area contributed by atoms with Crippen LogP contribution in [-0.2, 0) is 6.42 Å². The average molecular weight is 298 g/mol. The van der Waals surface area contributed by atoms with Crippen LogP contribution in [0, 0.1) is 6.92 Å². The summed E-state index contributed by atoms with van der Waals surface area (Å²) in [6.07, 6.45) is 0.323. The molecular formula is C15H26N2O2S. The van der Waals surface area contributed by atoms with E-state index in [1.54, 1.807) is 23.2 Å². The highest BCUT2D eigenvalue weighted by Crippen LogP contribution is 2.16. The smallest absolute Gasteiger partial charge is 0.317 e. The van der Waals surface area contributed by atoms with Crippen molar-refractivity contribution in [1.29, 1.82) is 0 Å². The van der Waals surface area contributed by atoms with Crippen molar-refractivity contribution in [2.75, 3.05) is 6.54 Å². The Morgan fingerprint density at radius 1 is 1.35 bits per heavy atom. The Morgan fingerprint density at radius 3 is 2.45 bits per heavy atom. The van der Waals surface area contributed by atoms with E-state index in [9.17, 15) is 9.90 Å². The molecule has 2 N–H and O–H groups in total. The summed E-state index contributed by atoms with van der Waals surface area (Å²) in [5, 5.41) is 12.5. The molecule has 0 aliphatic rings. The zero-order valence-corrected chi connectivity index (χ0v) is 13.8. The number of rotatable bonds is 6. The van der Waals surface area contributed by atoms with Gasteiger partial charge >= 0.3 is 6.03 Å². The molecule has 0 bridgehead atoms. The van der Waals surface area contributed by atoms with Crippen LogP contribution in [0.1, 0.15) is 37.4 Å². The lowest BCUT2D eigenvalue weighted by molar-refractivity contribution is 0.117. The van der Waals surface area contributed by atoms with Gasteiger partial charge in [0.25, 0.3) is 0 Å². The van der Waals surface area contributed by atoms with E-state index in [2.05, 4.69) is 24.4 Å². The summed E-state index contributed by atoms with van der Waals surface area (Å²) in [7, 11) is 0. The fourth-order valence-electron chi connectivity index (χ4n) is 2.05. The SMILES string of the molecule is Cc1ccc(CC(C)NC(=O)N(CC(C)O)C(C)C)s1. The number of aliphatic hydroxyl groups excluding tert-OH is 1. The predicted molar refractivity (Wildman–Crippen MR) is 84.3 cm³/mol. The van der Waals surface area contributed by atoms with Gasteiger partial charge in [-0.2, -0.15) is 0 Å². The van der Waals surface area contributed by atoms with Gasteiger partial charge in [-0.15, -0.1) is 11.3 Å². The number of urea groups is 1. The van der Waals surface area contributed by atoms with Crippen LogP contribution in [-0.4, -0.2) is 40.8 Å². The first-order valence-corrected chi connectivity index (χ1v) is 7.91. The number of hydrogen-bond donors (Lipinski definition) is 2. The number of thiophene rings is 1. The van der Waals surface area contributed by atoms with Gasteiger partial charge in [0.05, 0.1) is 6.10 Å². The number of hydrogen-bond acceptors (Lipinski definition) is 3. The van der Waals surface area contributed by atoms with Gasteiger partial charge in [0.15, 0.2) is 0 Å². The van der Waals surface area contributed by atoms with Crippen LogP contribution in [0.4, 0.5) is 4.79 Å². The van der Waals surface area contributed by atoms with Crippen LogP contribution < -0.4 is 5.32 Å². The number of carbonyl (C=O) groups is 1. The lowest BCUT2D eigenvalue weighted by Crippen LogP contribution is -2.49. The third-order valence-corrected chi connectivity index (χ3v) is 4.04. The van der Waals surface area contributed by atoms with Crippen LogP contribution in [0.2, 0.25) is 0 Å². The van der Waals surface area contributed by atoms with Crippen LogP contribution >= 0.6 is 11.3 Å². The van der Waals surface area contributed by atoms with Crippen LogP contribution in [0.3, 0.4) is 0 Å². The minimum Gasteiger partial charge on any atom is -0.392 e. The van der Waals surface area contributed by atoms with E-state index in [0.717, 1.165) is 6.42 Å². The number of nitrogens with zero attached hydrogens (tertiary/aromatic N) is 1. The molecule has 0 saturated heterocycles. The van der Waals surface area contributed by atoms with Crippen molar-refractivity contribution < 1.29 is 9.90 Å². The molecule has 0 spiro atoms. The van der Waals surface area contributed by atoms with Gasteiger partial charge in [-0.25, -0.2) is 4.79 Å². The molecule has 20 heavy (non-hydrogen) atoms. The number of aryl methyl sites for hydroxylation is 1. The minimum atomic E-state index is -0.515. The van der Waals surface area contributed by atoms with Crippen molar-refractivity contribution in [3.8, 4) is 0 Å². The summed E-state index contributed by atoms with van der Waals surface area (Å²) in [5.41, 5.74) is 0. The molecular weight excluding hydrogens is 272 g/mol. The molecule has 1 aromatic heterocycles. The summed E-state index contributed by atoms with van der Waals surface area (Å²) < 4.78 is 0. The van der Waals surface area contributed by atoms with Gasteiger partial charge in [-0.1, -0.05) is 0 Å². The Hall–Kier alpha value is -1.07. The molecule has 5 heteroatoms.